The summed E-state index contributed by atoms with van der Waals surface area (Å²) in [6.45, 7) is 0. The first kappa shape index (κ1) is 21.0. The van der Waals surface area contributed by atoms with Gasteiger partial charge in [-0.05, 0) is 48.0 Å². The van der Waals surface area contributed by atoms with Gasteiger partial charge in [0.1, 0.15) is 11.6 Å². The van der Waals surface area contributed by atoms with Gasteiger partial charge in [0.2, 0.25) is 11.8 Å². The quantitative estimate of drug-likeness (QED) is 0.393. The molecule has 0 radical (unpaired) electrons. The average Bonchev–Trinajstić information content (AvgIpc) is 3.56. The number of nitrogens with zero attached hydrogens (tertiary/aromatic N) is 5. The van der Waals surface area contributed by atoms with Crippen LogP contribution in [0.15, 0.2) is 78.9 Å². The maximum atomic E-state index is 14.2. The maximum Gasteiger partial charge on any atom is 0.272 e. The Morgan fingerprint density at radius 2 is 1.58 bits per heavy atom. The summed E-state index contributed by atoms with van der Waals surface area (Å²) in [5.41, 5.74) is 3.29. The number of carbonyl (C=O) groups excluding carboxylic acids is 3. The summed E-state index contributed by atoms with van der Waals surface area (Å²) < 4.78 is 1.25. The van der Waals surface area contributed by atoms with Gasteiger partial charge in [-0.25, -0.2) is 4.90 Å². The molecule has 0 spiro atoms. The lowest BCUT2D eigenvalue weighted by Gasteiger charge is -2.36. The Balaban J connectivity index is 1.39. The van der Waals surface area contributed by atoms with E-state index in [-0.39, 0.29) is 5.91 Å². The van der Waals surface area contributed by atoms with Gasteiger partial charge in [0.15, 0.2) is 0 Å². The van der Waals surface area contributed by atoms with E-state index in [2.05, 4.69) is 10.3 Å². The molecule has 7 rings (SSSR count). The highest BCUT2D eigenvalue weighted by molar-refractivity contribution is 6.31. The smallest absolute Gasteiger partial charge is 0.272 e. The monoisotopic (exact) mass is 495 g/mol. The first-order chi connectivity index (χ1) is 17.5. The van der Waals surface area contributed by atoms with E-state index in [0.29, 0.717) is 21.7 Å². The number of imide groups is 1. The summed E-state index contributed by atoms with van der Waals surface area (Å²) >= 11 is 6.03. The molecule has 4 aromatic rings. The molecule has 3 aliphatic heterocycles. The van der Waals surface area contributed by atoms with E-state index >= 15 is 0 Å². The summed E-state index contributed by atoms with van der Waals surface area (Å²) in [7, 11) is 0. The van der Waals surface area contributed by atoms with Gasteiger partial charge in [-0.3, -0.25) is 14.4 Å². The van der Waals surface area contributed by atoms with Gasteiger partial charge >= 0.3 is 0 Å². The molecular weight excluding hydrogens is 478 g/mol. The maximum absolute atomic E-state index is 14.2. The zero-order chi connectivity index (χ0) is 24.6. The van der Waals surface area contributed by atoms with Crippen LogP contribution in [0, 0.1) is 11.8 Å². The van der Waals surface area contributed by atoms with Crippen molar-refractivity contribution in [1.82, 2.24) is 15.0 Å². The minimum atomic E-state index is -0.940. The number of amides is 2. The van der Waals surface area contributed by atoms with Crippen LogP contribution in [0.3, 0.4) is 0 Å². The number of hydrogen-bond donors (Lipinski definition) is 0. The third-order valence-electron chi connectivity index (χ3n) is 7.31. The Bertz CT molecular complexity index is 1610. The van der Waals surface area contributed by atoms with Crippen molar-refractivity contribution in [3.63, 3.8) is 0 Å². The molecule has 0 N–H and O–H groups in total. The molecule has 4 atom stereocenters. The molecule has 9 heteroatoms. The normalized spacial score (nSPS) is 24.2. The molecule has 4 unspecified atom stereocenters. The fourth-order valence-electron chi connectivity index (χ4n) is 5.80. The van der Waals surface area contributed by atoms with E-state index in [0.717, 1.165) is 11.3 Å². The minimum absolute atomic E-state index is 0.329. The van der Waals surface area contributed by atoms with Crippen molar-refractivity contribution < 1.29 is 14.4 Å². The minimum Gasteiger partial charge on any atom is -0.351 e. The molecule has 8 nitrogen and oxygen atoms in total. The zero-order valence-corrected chi connectivity index (χ0v) is 19.5. The number of para-hydroxylation sites is 2. The Hall–Kier alpha value is -4.30. The second kappa shape index (κ2) is 7.60. The third-order valence-corrected chi connectivity index (χ3v) is 7.57. The molecular formula is C27H18ClN5O3. The predicted octanol–water partition coefficient (Wildman–Crippen LogP) is 3.81. The zero-order valence-electron chi connectivity index (χ0n) is 18.7. The lowest BCUT2D eigenvalue weighted by Crippen LogP contribution is -2.50. The largest absolute Gasteiger partial charge is 0.351 e. The number of rotatable bonds is 2. The highest BCUT2D eigenvalue weighted by Gasteiger charge is 2.64. The summed E-state index contributed by atoms with van der Waals surface area (Å²) in [6, 6.07) is 20.0. The SMILES string of the molecule is O=C1C2C(C(=O)N1c1ccc(Cl)cc1)C(C(=O)n1nnc3ccccc31)N1c3ccccc3C=CC21. The molecule has 2 saturated heterocycles. The van der Waals surface area contributed by atoms with Crippen LogP contribution in [0.25, 0.3) is 17.1 Å². The van der Waals surface area contributed by atoms with Gasteiger partial charge in [0.25, 0.3) is 5.91 Å². The Morgan fingerprint density at radius 1 is 0.861 bits per heavy atom. The number of halogens is 1. The van der Waals surface area contributed by atoms with E-state index in [9.17, 15) is 14.4 Å². The number of hydrogen-bond acceptors (Lipinski definition) is 6. The summed E-state index contributed by atoms with van der Waals surface area (Å²) in [4.78, 5) is 45.0. The van der Waals surface area contributed by atoms with Crippen molar-refractivity contribution >= 4 is 57.8 Å². The number of benzene rings is 3. The standard InChI is InChI=1S/C27H18ClN5O3/c28-16-10-12-17(13-11-16)31-25(34)22-21-14-9-15-5-1-3-7-19(15)32(21)24(23(22)26(31)35)27(36)33-20-8-4-2-6-18(20)29-30-33/h1-14,21-24H. The van der Waals surface area contributed by atoms with Gasteiger partial charge in [-0.15, -0.1) is 5.10 Å². The Kier molecular flexibility index (Phi) is 4.44. The molecule has 0 aliphatic carbocycles. The third kappa shape index (κ3) is 2.79. The van der Waals surface area contributed by atoms with Crippen LogP contribution >= 0.6 is 11.6 Å². The van der Waals surface area contributed by atoms with Crippen LogP contribution in [0.2, 0.25) is 5.02 Å². The van der Waals surface area contributed by atoms with Gasteiger partial charge in [0, 0.05) is 10.7 Å². The van der Waals surface area contributed by atoms with E-state index in [1.165, 1.54) is 9.58 Å². The van der Waals surface area contributed by atoms with Crippen LogP contribution in [0.1, 0.15) is 10.4 Å². The van der Waals surface area contributed by atoms with Crippen molar-refractivity contribution in [3.05, 3.63) is 89.5 Å². The molecule has 4 heterocycles. The van der Waals surface area contributed by atoms with Crippen molar-refractivity contribution in [2.45, 2.75) is 12.1 Å². The summed E-state index contributed by atoms with van der Waals surface area (Å²) in [5.74, 6) is -2.74. The lowest BCUT2D eigenvalue weighted by molar-refractivity contribution is -0.122. The first-order valence-electron chi connectivity index (χ1n) is 11.6. The first-order valence-corrected chi connectivity index (χ1v) is 12.0. The molecule has 0 saturated carbocycles. The molecule has 1 aromatic heterocycles. The molecule has 0 bridgehead atoms. The average molecular weight is 496 g/mol. The van der Waals surface area contributed by atoms with E-state index in [1.807, 2.05) is 47.4 Å². The highest BCUT2D eigenvalue weighted by Crippen LogP contribution is 2.49. The van der Waals surface area contributed by atoms with Crippen molar-refractivity contribution in [3.8, 4) is 0 Å². The molecule has 176 valence electrons. The fraction of sp³-hybridized carbons (Fsp3) is 0.148. The molecule has 3 aliphatic rings. The second-order valence-electron chi connectivity index (χ2n) is 9.13. The highest BCUT2D eigenvalue weighted by atomic mass is 35.5. The van der Waals surface area contributed by atoms with Crippen LogP contribution in [0.4, 0.5) is 11.4 Å². The van der Waals surface area contributed by atoms with Crippen molar-refractivity contribution in [2.24, 2.45) is 11.8 Å². The van der Waals surface area contributed by atoms with Crippen LogP contribution < -0.4 is 9.80 Å². The number of anilines is 2. The van der Waals surface area contributed by atoms with Gasteiger partial charge in [-0.2, -0.15) is 4.68 Å². The second-order valence-corrected chi connectivity index (χ2v) is 9.57. The number of carbonyl (C=O) groups is 3. The van der Waals surface area contributed by atoms with Gasteiger partial charge in [0.05, 0.1) is 29.1 Å². The molecule has 2 fully saturated rings. The topological polar surface area (TPSA) is 88.4 Å². The van der Waals surface area contributed by atoms with Gasteiger partial charge in [-0.1, -0.05) is 59.3 Å². The van der Waals surface area contributed by atoms with E-state index < -0.39 is 35.7 Å². The Morgan fingerprint density at radius 3 is 2.42 bits per heavy atom. The fourth-order valence-corrected chi connectivity index (χ4v) is 5.92. The number of aromatic nitrogens is 3. The lowest BCUT2D eigenvalue weighted by atomic mass is 9.88. The van der Waals surface area contributed by atoms with Crippen LogP contribution in [-0.4, -0.2) is 44.8 Å². The predicted molar refractivity (Wildman–Crippen MR) is 135 cm³/mol. The summed E-state index contributed by atoms with van der Waals surface area (Å²) in [5, 5.41) is 8.76. The van der Waals surface area contributed by atoms with Crippen LogP contribution in [-0.2, 0) is 9.59 Å². The van der Waals surface area contributed by atoms with Crippen molar-refractivity contribution in [1.29, 1.82) is 0 Å². The molecule has 2 amide bonds. The van der Waals surface area contributed by atoms with Crippen molar-refractivity contribution in [2.75, 3.05) is 9.80 Å². The summed E-state index contributed by atoms with van der Waals surface area (Å²) in [6.07, 6.45) is 3.87. The van der Waals surface area contributed by atoms with Gasteiger partial charge < -0.3 is 4.90 Å². The van der Waals surface area contributed by atoms with E-state index in [1.54, 1.807) is 42.5 Å². The Labute approximate surface area is 210 Å². The van der Waals surface area contributed by atoms with E-state index in [4.69, 9.17) is 11.6 Å². The number of fused-ring (bicyclic) bond motifs is 6. The van der Waals surface area contributed by atoms with Crippen LogP contribution in [0.5, 0.6) is 0 Å². The molecule has 3 aromatic carbocycles. The molecule has 36 heavy (non-hydrogen) atoms.